The highest BCUT2D eigenvalue weighted by atomic mass is 32.2. The van der Waals surface area contributed by atoms with Gasteiger partial charge in [-0.15, -0.1) is 0 Å². The summed E-state index contributed by atoms with van der Waals surface area (Å²) in [5.41, 5.74) is 2.90. The summed E-state index contributed by atoms with van der Waals surface area (Å²) < 4.78 is 48.3. The topological polar surface area (TPSA) is 70.2 Å². The number of hydrogen-bond donors (Lipinski definition) is 0. The molecule has 0 aromatic heterocycles. The minimum absolute atomic E-state index is 0. The lowest BCUT2D eigenvalue weighted by molar-refractivity contribution is 0.0592. The van der Waals surface area contributed by atoms with Gasteiger partial charge in [-0.05, 0) is 67.3 Å². The molecule has 10 heteroatoms. The summed E-state index contributed by atoms with van der Waals surface area (Å²) in [4.78, 5) is 17.1. The van der Waals surface area contributed by atoms with E-state index in [0.29, 0.717) is 31.6 Å². The van der Waals surface area contributed by atoms with Crippen molar-refractivity contribution in [2.45, 2.75) is 49.8 Å². The number of carbonyl (C=O) groups is 1. The number of anilines is 1. The standard InChI is InChI=1S/C35H38FN3O4S.H2S/c1-28(38(25-29-11-5-2-6-12-29)26-30-13-7-3-8-14-30)27-43-35(40)37-23-21-33(22-24-37)39(32-15-9-4-10-16-32)44(41,42)34-19-17-31(36)18-20-34;/h2-20,28,33H,21-27H2,1H3;1H2/t28-;/m0./s1. The number of amides is 1. The smallest absolute Gasteiger partial charge is 0.409 e. The van der Waals surface area contributed by atoms with Crippen molar-refractivity contribution in [2.24, 2.45) is 0 Å². The predicted octanol–water partition coefficient (Wildman–Crippen LogP) is 6.83. The normalized spacial score (nSPS) is 14.4. The first kappa shape index (κ1) is 34.0. The van der Waals surface area contributed by atoms with E-state index in [0.717, 1.165) is 25.2 Å². The molecule has 7 nitrogen and oxygen atoms in total. The van der Waals surface area contributed by atoms with Gasteiger partial charge in [-0.2, -0.15) is 13.5 Å². The number of likely N-dealkylation sites (tertiary alicyclic amines) is 1. The molecule has 4 aromatic carbocycles. The Hall–Kier alpha value is -3.86. The number of para-hydroxylation sites is 1. The molecule has 238 valence electrons. The molecule has 0 radical (unpaired) electrons. The Kier molecular flexibility index (Phi) is 12.0. The Balaban J connectivity index is 0.00000461. The van der Waals surface area contributed by atoms with Crippen LogP contribution in [0.3, 0.4) is 0 Å². The highest BCUT2D eigenvalue weighted by molar-refractivity contribution is 7.92. The summed E-state index contributed by atoms with van der Waals surface area (Å²) in [6.07, 6.45) is 0.477. The fourth-order valence-corrected chi connectivity index (χ4v) is 7.23. The van der Waals surface area contributed by atoms with Gasteiger partial charge in [0.1, 0.15) is 12.4 Å². The van der Waals surface area contributed by atoms with Gasteiger partial charge in [0.2, 0.25) is 0 Å². The number of sulfonamides is 1. The zero-order valence-electron chi connectivity index (χ0n) is 25.3. The van der Waals surface area contributed by atoms with E-state index >= 15 is 0 Å². The van der Waals surface area contributed by atoms with Crippen LogP contribution in [0.2, 0.25) is 0 Å². The molecule has 0 N–H and O–H groups in total. The van der Waals surface area contributed by atoms with Crippen molar-refractivity contribution in [1.82, 2.24) is 9.80 Å². The summed E-state index contributed by atoms with van der Waals surface area (Å²) in [6, 6.07) is 33.8. The Morgan fingerprint density at radius 1 is 0.822 bits per heavy atom. The molecule has 45 heavy (non-hydrogen) atoms. The van der Waals surface area contributed by atoms with Gasteiger partial charge in [0, 0.05) is 38.3 Å². The first-order chi connectivity index (χ1) is 21.3. The van der Waals surface area contributed by atoms with Crippen molar-refractivity contribution in [2.75, 3.05) is 24.0 Å². The summed E-state index contributed by atoms with van der Waals surface area (Å²) in [6.45, 7) is 4.45. The maximum absolute atomic E-state index is 13.8. The number of ether oxygens (including phenoxy) is 1. The van der Waals surface area contributed by atoms with Crippen LogP contribution >= 0.6 is 13.5 Å². The van der Waals surface area contributed by atoms with Crippen molar-refractivity contribution in [3.05, 3.63) is 132 Å². The molecular weight excluding hydrogens is 610 g/mol. The molecule has 5 rings (SSSR count). The van der Waals surface area contributed by atoms with E-state index < -0.39 is 21.9 Å². The first-order valence-corrected chi connectivity index (χ1v) is 16.3. The maximum Gasteiger partial charge on any atom is 0.409 e. The number of halogens is 1. The van der Waals surface area contributed by atoms with Gasteiger partial charge < -0.3 is 9.64 Å². The second-order valence-corrected chi connectivity index (χ2v) is 12.9. The van der Waals surface area contributed by atoms with Crippen LogP contribution in [-0.4, -0.2) is 56.1 Å². The number of hydrogen-bond acceptors (Lipinski definition) is 5. The Bertz CT molecular complexity index is 1550. The molecule has 1 heterocycles. The van der Waals surface area contributed by atoms with Crippen LogP contribution in [0.1, 0.15) is 30.9 Å². The summed E-state index contributed by atoms with van der Waals surface area (Å²) >= 11 is 0. The molecule has 1 aliphatic heterocycles. The monoisotopic (exact) mass is 649 g/mol. The van der Waals surface area contributed by atoms with E-state index in [-0.39, 0.29) is 37.1 Å². The average Bonchev–Trinajstić information content (AvgIpc) is 3.05. The summed E-state index contributed by atoms with van der Waals surface area (Å²) in [5, 5.41) is 0. The number of benzene rings is 4. The van der Waals surface area contributed by atoms with Crippen LogP contribution in [-0.2, 0) is 27.8 Å². The van der Waals surface area contributed by atoms with Gasteiger partial charge in [0.05, 0.1) is 10.6 Å². The molecule has 1 amide bonds. The third-order valence-electron chi connectivity index (χ3n) is 7.96. The Labute approximate surface area is 272 Å². The highest BCUT2D eigenvalue weighted by Crippen LogP contribution is 2.30. The van der Waals surface area contributed by atoms with Gasteiger partial charge in [-0.25, -0.2) is 17.6 Å². The quantitative estimate of drug-likeness (QED) is 0.178. The number of rotatable bonds is 11. The zero-order valence-corrected chi connectivity index (χ0v) is 27.2. The minimum Gasteiger partial charge on any atom is -0.448 e. The van der Waals surface area contributed by atoms with Crippen molar-refractivity contribution in [3.63, 3.8) is 0 Å². The lowest BCUT2D eigenvalue weighted by Gasteiger charge is -2.38. The Morgan fingerprint density at radius 2 is 1.31 bits per heavy atom. The van der Waals surface area contributed by atoms with E-state index in [4.69, 9.17) is 4.74 Å². The minimum atomic E-state index is -3.96. The average molecular weight is 650 g/mol. The van der Waals surface area contributed by atoms with Gasteiger partial charge in [0.15, 0.2) is 0 Å². The van der Waals surface area contributed by atoms with Gasteiger partial charge in [-0.3, -0.25) is 9.21 Å². The SMILES string of the molecule is C[C@@H](COC(=O)N1CCC(N(c2ccccc2)S(=O)(=O)c2ccc(F)cc2)CC1)N(Cc1ccccc1)Cc1ccccc1.S. The van der Waals surface area contributed by atoms with Crippen LogP contribution in [0, 0.1) is 5.82 Å². The van der Waals surface area contributed by atoms with Crippen molar-refractivity contribution < 1.29 is 22.3 Å². The molecule has 1 saturated heterocycles. The maximum atomic E-state index is 13.8. The fourth-order valence-electron chi connectivity index (χ4n) is 5.52. The fraction of sp³-hybridized carbons (Fsp3) is 0.286. The molecule has 0 spiro atoms. The second-order valence-electron chi connectivity index (χ2n) is 11.1. The van der Waals surface area contributed by atoms with Crippen molar-refractivity contribution in [1.29, 1.82) is 0 Å². The molecule has 1 aliphatic rings. The van der Waals surface area contributed by atoms with Crippen LogP contribution < -0.4 is 4.31 Å². The summed E-state index contributed by atoms with van der Waals surface area (Å²) in [5.74, 6) is -0.500. The van der Waals surface area contributed by atoms with Crippen LogP contribution in [0.5, 0.6) is 0 Å². The Morgan fingerprint density at radius 3 is 1.82 bits per heavy atom. The molecule has 0 unspecified atom stereocenters. The summed E-state index contributed by atoms with van der Waals surface area (Å²) in [7, 11) is -3.96. The molecule has 4 aromatic rings. The van der Waals surface area contributed by atoms with Crippen LogP contribution in [0.25, 0.3) is 0 Å². The van der Waals surface area contributed by atoms with E-state index in [1.54, 1.807) is 29.2 Å². The second kappa shape index (κ2) is 15.9. The van der Waals surface area contributed by atoms with Gasteiger partial charge >= 0.3 is 6.09 Å². The lowest BCUT2D eigenvalue weighted by atomic mass is 10.0. The molecule has 1 atom stereocenters. The third kappa shape index (κ3) is 8.87. The van der Waals surface area contributed by atoms with Crippen LogP contribution in [0.15, 0.2) is 120 Å². The number of carbonyl (C=O) groups excluding carboxylic acids is 1. The third-order valence-corrected chi connectivity index (χ3v) is 9.86. The molecular formula is C35H40FN3O4S2. The van der Waals surface area contributed by atoms with Crippen LogP contribution in [0.4, 0.5) is 14.9 Å². The molecule has 1 fully saturated rings. The highest BCUT2D eigenvalue weighted by Gasteiger charge is 2.35. The number of piperidine rings is 1. The van der Waals surface area contributed by atoms with E-state index in [1.165, 1.54) is 27.6 Å². The van der Waals surface area contributed by atoms with E-state index in [1.807, 2.05) is 42.5 Å². The predicted molar refractivity (Wildman–Crippen MR) is 180 cm³/mol. The molecule has 0 saturated carbocycles. The first-order valence-electron chi connectivity index (χ1n) is 14.9. The van der Waals surface area contributed by atoms with Gasteiger partial charge in [-0.1, -0.05) is 78.9 Å². The molecule has 0 bridgehead atoms. The zero-order chi connectivity index (χ0) is 30.9. The van der Waals surface area contributed by atoms with E-state index in [2.05, 4.69) is 36.1 Å². The van der Waals surface area contributed by atoms with Crippen molar-refractivity contribution in [3.8, 4) is 0 Å². The van der Waals surface area contributed by atoms with Gasteiger partial charge in [0.25, 0.3) is 10.0 Å². The van der Waals surface area contributed by atoms with E-state index in [9.17, 15) is 17.6 Å². The van der Waals surface area contributed by atoms with Crippen molar-refractivity contribution >= 4 is 35.3 Å². The lowest BCUT2D eigenvalue weighted by Crippen LogP contribution is -2.49. The largest absolute Gasteiger partial charge is 0.448 e. The number of nitrogens with zero attached hydrogens (tertiary/aromatic N) is 3. The molecule has 0 aliphatic carbocycles.